The summed E-state index contributed by atoms with van der Waals surface area (Å²) in [6, 6.07) is 0. The largest absolute Gasteiger partial charge is 0.460 e. The Kier molecular flexibility index (Phi) is 2.42. The third kappa shape index (κ3) is 1.83. The van der Waals surface area contributed by atoms with Crippen molar-refractivity contribution in [2.45, 2.75) is 19.3 Å². The quantitative estimate of drug-likeness (QED) is 0.468. The van der Waals surface area contributed by atoms with E-state index >= 15 is 0 Å². The topological polar surface area (TPSA) is 38.7 Å². The molecule has 1 aliphatic rings. The zero-order chi connectivity index (χ0) is 7.40. The van der Waals surface area contributed by atoms with Gasteiger partial charge in [-0.2, -0.15) is 0 Å². The normalized spacial score (nSPS) is 24.1. The van der Waals surface area contributed by atoms with Crippen molar-refractivity contribution in [3.63, 3.8) is 0 Å². The standard InChI is InChI=1S/C7H11NO2/c1-8-6-3-2-4-7(9)10-5-6/h2-5H2,1H3/b8-6-. The molecule has 0 saturated carbocycles. The van der Waals surface area contributed by atoms with Gasteiger partial charge in [0.05, 0.1) is 0 Å². The maximum Gasteiger partial charge on any atom is 0.306 e. The number of hydrogen-bond donors (Lipinski definition) is 0. The van der Waals surface area contributed by atoms with Crippen LogP contribution in [-0.2, 0) is 9.53 Å². The molecule has 10 heavy (non-hydrogen) atoms. The molecule has 0 spiro atoms. The van der Waals surface area contributed by atoms with Crippen molar-refractivity contribution in [2.24, 2.45) is 4.99 Å². The van der Waals surface area contributed by atoms with E-state index in [4.69, 9.17) is 4.74 Å². The van der Waals surface area contributed by atoms with E-state index in [-0.39, 0.29) is 5.97 Å². The third-order valence-electron chi connectivity index (χ3n) is 1.56. The molecule has 1 rings (SSSR count). The van der Waals surface area contributed by atoms with E-state index in [0.717, 1.165) is 18.6 Å². The zero-order valence-corrected chi connectivity index (χ0v) is 6.09. The summed E-state index contributed by atoms with van der Waals surface area (Å²) in [4.78, 5) is 14.6. The average Bonchev–Trinajstić information content (AvgIpc) is 2.14. The van der Waals surface area contributed by atoms with Gasteiger partial charge in [0, 0.05) is 19.2 Å². The number of carbonyl (C=O) groups is 1. The first-order valence-electron chi connectivity index (χ1n) is 3.43. The molecule has 1 aliphatic heterocycles. The highest BCUT2D eigenvalue weighted by Gasteiger charge is 2.10. The minimum atomic E-state index is -0.0985. The SMILES string of the molecule is C/N=C1/CCCC(=O)OC1. The van der Waals surface area contributed by atoms with E-state index in [9.17, 15) is 4.79 Å². The molecule has 1 heterocycles. The van der Waals surface area contributed by atoms with Crippen molar-refractivity contribution in [3.8, 4) is 0 Å². The minimum Gasteiger partial charge on any atom is -0.460 e. The van der Waals surface area contributed by atoms with E-state index in [1.807, 2.05) is 0 Å². The van der Waals surface area contributed by atoms with Crippen LogP contribution in [0.2, 0.25) is 0 Å². The van der Waals surface area contributed by atoms with Crippen LogP contribution in [0.15, 0.2) is 4.99 Å². The van der Waals surface area contributed by atoms with Gasteiger partial charge in [-0.15, -0.1) is 0 Å². The van der Waals surface area contributed by atoms with Crippen LogP contribution in [0.5, 0.6) is 0 Å². The fourth-order valence-electron chi connectivity index (χ4n) is 0.921. The summed E-state index contributed by atoms with van der Waals surface area (Å²) in [5.74, 6) is -0.0985. The van der Waals surface area contributed by atoms with Gasteiger partial charge in [0.15, 0.2) is 0 Å². The molecular weight excluding hydrogens is 130 g/mol. The number of carbonyl (C=O) groups excluding carboxylic acids is 1. The Labute approximate surface area is 60.1 Å². The van der Waals surface area contributed by atoms with Crippen LogP contribution in [0.1, 0.15) is 19.3 Å². The van der Waals surface area contributed by atoms with Gasteiger partial charge in [0.1, 0.15) is 6.61 Å². The molecule has 0 radical (unpaired) electrons. The molecule has 0 amide bonds. The molecule has 1 saturated heterocycles. The highest BCUT2D eigenvalue weighted by molar-refractivity contribution is 5.88. The Bertz CT molecular complexity index is 163. The molecule has 0 aromatic rings. The molecule has 0 atom stereocenters. The molecule has 0 bridgehead atoms. The second kappa shape index (κ2) is 3.34. The summed E-state index contributed by atoms with van der Waals surface area (Å²) in [5, 5.41) is 0. The van der Waals surface area contributed by atoms with Crippen molar-refractivity contribution in [1.29, 1.82) is 0 Å². The van der Waals surface area contributed by atoms with Crippen LogP contribution >= 0.6 is 0 Å². The number of ether oxygens (including phenoxy) is 1. The zero-order valence-electron chi connectivity index (χ0n) is 6.09. The first kappa shape index (κ1) is 7.25. The van der Waals surface area contributed by atoms with Gasteiger partial charge >= 0.3 is 5.97 Å². The molecule has 1 fully saturated rings. The van der Waals surface area contributed by atoms with Gasteiger partial charge in [-0.25, -0.2) is 0 Å². The number of cyclic esters (lactones) is 1. The molecule has 3 nitrogen and oxygen atoms in total. The van der Waals surface area contributed by atoms with Gasteiger partial charge < -0.3 is 4.74 Å². The van der Waals surface area contributed by atoms with Crippen molar-refractivity contribution in [3.05, 3.63) is 0 Å². The Morgan fingerprint density at radius 3 is 3.00 bits per heavy atom. The fourth-order valence-corrected chi connectivity index (χ4v) is 0.921. The van der Waals surface area contributed by atoms with Crippen molar-refractivity contribution in [2.75, 3.05) is 13.7 Å². The Morgan fingerprint density at radius 2 is 2.30 bits per heavy atom. The van der Waals surface area contributed by atoms with Crippen LogP contribution in [0, 0.1) is 0 Å². The van der Waals surface area contributed by atoms with Gasteiger partial charge in [0.2, 0.25) is 0 Å². The first-order valence-corrected chi connectivity index (χ1v) is 3.43. The lowest BCUT2D eigenvalue weighted by Crippen LogP contribution is -2.07. The number of hydrogen-bond acceptors (Lipinski definition) is 3. The predicted molar refractivity (Wildman–Crippen MR) is 38.2 cm³/mol. The average molecular weight is 141 g/mol. The van der Waals surface area contributed by atoms with Crippen molar-refractivity contribution < 1.29 is 9.53 Å². The molecule has 0 unspecified atom stereocenters. The highest BCUT2D eigenvalue weighted by atomic mass is 16.5. The van der Waals surface area contributed by atoms with Gasteiger partial charge in [-0.1, -0.05) is 0 Å². The second-order valence-electron chi connectivity index (χ2n) is 2.30. The van der Waals surface area contributed by atoms with Crippen LogP contribution < -0.4 is 0 Å². The van der Waals surface area contributed by atoms with Crippen molar-refractivity contribution in [1.82, 2.24) is 0 Å². The molecule has 0 aliphatic carbocycles. The maximum absolute atomic E-state index is 10.7. The van der Waals surface area contributed by atoms with E-state index in [1.54, 1.807) is 7.05 Å². The lowest BCUT2D eigenvalue weighted by atomic mass is 10.2. The molecule has 3 heteroatoms. The second-order valence-corrected chi connectivity index (χ2v) is 2.30. The Balaban J connectivity index is 2.48. The molecular formula is C7H11NO2. The number of esters is 1. The lowest BCUT2D eigenvalue weighted by Gasteiger charge is -1.98. The lowest BCUT2D eigenvalue weighted by molar-refractivity contribution is -0.141. The highest BCUT2D eigenvalue weighted by Crippen LogP contribution is 2.05. The summed E-state index contributed by atoms with van der Waals surface area (Å²) in [6.07, 6.45) is 2.33. The van der Waals surface area contributed by atoms with Crippen LogP contribution in [-0.4, -0.2) is 25.3 Å². The first-order chi connectivity index (χ1) is 4.83. The molecule has 0 N–H and O–H groups in total. The Morgan fingerprint density at radius 1 is 1.50 bits per heavy atom. The van der Waals surface area contributed by atoms with Gasteiger partial charge in [0.25, 0.3) is 0 Å². The summed E-state index contributed by atoms with van der Waals surface area (Å²) < 4.78 is 4.84. The summed E-state index contributed by atoms with van der Waals surface area (Å²) in [6.45, 7) is 0.398. The predicted octanol–water partition coefficient (Wildman–Crippen LogP) is 0.784. The Hall–Kier alpha value is -0.860. The minimum absolute atomic E-state index is 0.0985. The van der Waals surface area contributed by atoms with Crippen LogP contribution in [0.25, 0.3) is 0 Å². The van der Waals surface area contributed by atoms with E-state index in [2.05, 4.69) is 4.99 Å². The summed E-state index contributed by atoms with van der Waals surface area (Å²) in [7, 11) is 1.73. The van der Waals surface area contributed by atoms with Gasteiger partial charge in [-0.05, 0) is 12.8 Å². The van der Waals surface area contributed by atoms with E-state index < -0.39 is 0 Å². The fraction of sp³-hybridized carbons (Fsp3) is 0.714. The maximum atomic E-state index is 10.7. The molecule has 56 valence electrons. The number of nitrogens with zero attached hydrogens (tertiary/aromatic N) is 1. The van der Waals surface area contributed by atoms with Crippen molar-refractivity contribution >= 4 is 11.7 Å². The van der Waals surface area contributed by atoms with Gasteiger partial charge in [-0.3, -0.25) is 9.79 Å². The van der Waals surface area contributed by atoms with E-state index in [1.165, 1.54) is 0 Å². The smallest absolute Gasteiger partial charge is 0.306 e. The molecule has 0 aromatic carbocycles. The monoisotopic (exact) mass is 141 g/mol. The summed E-state index contributed by atoms with van der Waals surface area (Å²) in [5.41, 5.74) is 0.992. The van der Waals surface area contributed by atoms with Crippen LogP contribution in [0.3, 0.4) is 0 Å². The third-order valence-corrected chi connectivity index (χ3v) is 1.56. The molecule has 0 aromatic heterocycles. The number of aliphatic imine (C=N–C) groups is 1. The number of rotatable bonds is 0. The summed E-state index contributed by atoms with van der Waals surface area (Å²) >= 11 is 0. The van der Waals surface area contributed by atoms with Crippen LogP contribution in [0.4, 0.5) is 0 Å². The van der Waals surface area contributed by atoms with E-state index in [0.29, 0.717) is 13.0 Å².